The smallest absolute Gasteiger partial charge is 0.164 e. The van der Waals surface area contributed by atoms with E-state index in [1.54, 1.807) is 18.1 Å². The number of fused-ring (bicyclic) bond motifs is 1. The van der Waals surface area contributed by atoms with Gasteiger partial charge in [-0.05, 0) is 33.6 Å². The Morgan fingerprint density at radius 2 is 1.81 bits per heavy atom. The predicted octanol–water partition coefficient (Wildman–Crippen LogP) is 2.46. The van der Waals surface area contributed by atoms with Crippen LogP contribution in [0.2, 0.25) is 0 Å². The van der Waals surface area contributed by atoms with Gasteiger partial charge in [0.1, 0.15) is 22.5 Å². The number of anilines is 1. The number of ether oxygens (including phenoxy) is 1. The summed E-state index contributed by atoms with van der Waals surface area (Å²) < 4.78 is 7.81. The summed E-state index contributed by atoms with van der Waals surface area (Å²) in [6, 6.07) is 8.30. The Balaban J connectivity index is 1.45. The van der Waals surface area contributed by atoms with Crippen LogP contribution in [0.5, 0.6) is 5.75 Å². The average molecular weight is 417 g/mol. The molecule has 8 heteroatoms. The molecular formula is C18H21BrN6O. The summed E-state index contributed by atoms with van der Waals surface area (Å²) in [5, 5.41) is 5.40. The van der Waals surface area contributed by atoms with Gasteiger partial charge in [-0.3, -0.25) is 4.90 Å². The number of hydrogen-bond acceptors (Lipinski definition) is 6. The van der Waals surface area contributed by atoms with Crippen LogP contribution in [0.15, 0.2) is 35.2 Å². The topological polar surface area (TPSA) is 59.3 Å². The van der Waals surface area contributed by atoms with Gasteiger partial charge < -0.3 is 9.64 Å². The van der Waals surface area contributed by atoms with Crippen LogP contribution < -0.4 is 9.64 Å². The molecule has 0 atom stereocenters. The molecule has 0 amide bonds. The second kappa shape index (κ2) is 7.20. The van der Waals surface area contributed by atoms with Crippen molar-refractivity contribution >= 4 is 32.8 Å². The van der Waals surface area contributed by atoms with Crippen molar-refractivity contribution in [2.75, 3.05) is 38.2 Å². The van der Waals surface area contributed by atoms with Gasteiger partial charge in [0, 0.05) is 39.8 Å². The van der Waals surface area contributed by atoms with E-state index in [0.717, 1.165) is 59.9 Å². The van der Waals surface area contributed by atoms with Gasteiger partial charge in [-0.2, -0.15) is 5.10 Å². The lowest BCUT2D eigenvalue weighted by Gasteiger charge is -2.35. The number of aromatic nitrogens is 4. The summed E-state index contributed by atoms with van der Waals surface area (Å²) in [5.74, 6) is 1.85. The van der Waals surface area contributed by atoms with Crippen molar-refractivity contribution in [3.05, 3.63) is 40.8 Å². The molecule has 3 aromatic rings. The standard InChI is InChI=1S/C18H21BrN6O/c1-23-17-15(16(19)22-23)18(21-12-20-17)25-9-7-24(8-10-25)11-13-3-5-14(26-2)6-4-13/h3-6,12H,7-11H2,1-2H3. The SMILES string of the molecule is COc1ccc(CN2CCN(c3ncnc4c3c(Br)nn4C)CC2)cc1. The molecule has 0 unspecified atom stereocenters. The second-order valence-corrected chi connectivity index (χ2v) is 7.17. The van der Waals surface area contributed by atoms with Crippen LogP contribution in [-0.2, 0) is 13.6 Å². The molecule has 0 bridgehead atoms. The third kappa shape index (κ3) is 3.26. The van der Waals surface area contributed by atoms with Crippen LogP contribution >= 0.6 is 15.9 Å². The fourth-order valence-corrected chi connectivity index (χ4v) is 3.97. The molecule has 0 saturated carbocycles. The lowest BCUT2D eigenvalue weighted by Crippen LogP contribution is -2.46. The normalized spacial score (nSPS) is 15.6. The highest BCUT2D eigenvalue weighted by Gasteiger charge is 2.22. The van der Waals surface area contributed by atoms with Crippen LogP contribution in [0, 0.1) is 0 Å². The lowest BCUT2D eigenvalue weighted by atomic mass is 10.2. The highest BCUT2D eigenvalue weighted by Crippen LogP contribution is 2.30. The van der Waals surface area contributed by atoms with E-state index in [2.05, 4.69) is 52.9 Å². The maximum absolute atomic E-state index is 5.23. The summed E-state index contributed by atoms with van der Waals surface area (Å²) in [5.41, 5.74) is 2.15. The average Bonchev–Trinajstić information content (AvgIpc) is 2.97. The zero-order chi connectivity index (χ0) is 18.1. The van der Waals surface area contributed by atoms with E-state index < -0.39 is 0 Å². The molecule has 3 heterocycles. The van der Waals surface area contributed by atoms with Gasteiger partial charge in [-0.15, -0.1) is 0 Å². The van der Waals surface area contributed by atoms with Crippen molar-refractivity contribution in [3.63, 3.8) is 0 Å². The van der Waals surface area contributed by atoms with Crippen molar-refractivity contribution in [2.24, 2.45) is 7.05 Å². The Hall–Kier alpha value is -2.19. The van der Waals surface area contributed by atoms with E-state index in [9.17, 15) is 0 Å². The number of aryl methyl sites for hydroxylation is 1. The number of piperazine rings is 1. The van der Waals surface area contributed by atoms with E-state index in [1.807, 2.05) is 19.2 Å². The Bertz CT molecular complexity index is 902. The van der Waals surface area contributed by atoms with Crippen molar-refractivity contribution < 1.29 is 4.74 Å². The van der Waals surface area contributed by atoms with E-state index in [1.165, 1.54) is 5.56 Å². The zero-order valence-corrected chi connectivity index (χ0v) is 16.5. The van der Waals surface area contributed by atoms with E-state index in [4.69, 9.17) is 4.74 Å². The fourth-order valence-electron chi connectivity index (χ4n) is 3.37. The molecule has 4 rings (SSSR count). The molecule has 1 aromatic carbocycles. The summed E-state index contributed by atoms with van der Waals surface area (Å²) >= 11 is 3.54. The van der Waals surface area contributed by atoms with Crippen molar-refractivity contribution in [1.82, 2.24) is 24.6 Å². The first-order chi connectivity index (χ1) is 12.7. The largest absolute Gasteiger partial charge is 0.497 e. The number of halogens is 1. The van der Waals surface area contributed by atoms with Crippen LogP contribution in [0.4, 0.5) is 5.82 Å². The van der Waals surface area contributed by atoms with Gasteiger partial charge >= 0.3 is 0 Å². The Labute approximate surface area is 160 Å². The summed E-state index contributed by atoms with van der Waals surface area (Å²) in [4.78, 5) is 13.7. The van der Waals surface area contributed by atoms with Crippen LogP contribution in [0.1, 0.15) is 5.56 Å². The molecular weight excluding hydrogens is 396 g/mol. The number of benzene rings is 1. The minimum atomic E-state index is 0.797. The van der Waals surface area contributed by atoms with Gasteiger partial charge in [-0.1, -0.05) is 12.1 Å². The number of nitrogens with zero attached hydrogens (tertiary/aromatic N) is 6. The van der Waals surface area contributed by atoms with Crippen molar-refractivity contribution in [2.45, 2.75) is 6.54 Å². The molecule has 2 aromatic heterocycles. The number of rotatable bonds is 4. The molecule has 136 valence electrons. The molecule has 1 aliphatic heterocycles. The lowest BCUT2D eigenvalue weighted by molar-refractivity contribution is 0.249. The Kier molecular flexibility index (Phi) is 4.78. The van der Waals surface area contributed by atoms with Gasteiger partial charge in [0.15, 0.2) is 5.65 Å². The van der Waals surface area contributed by atoms with Crippen molar-refractivity contribution in [3.8, 4) is 5.75 Å². The van der Waals surface area contributed by atoms with Crippen LogP contribution in [0.25, 0.3) is 11.0 Å². The molecule has 0 spiro atoms. The Morgan fingerprint density at radius 1 is 1.08 bits per heavy atom. The maximum atomic E-state index is 5.23. The first-order valence-corrected chi connectivity index (χ1v) is 9.38. The third-order valence-corrected chi connectivity index (χ3v) is 5.35. The highest BCUT2D eigenvalue weighted by molar-refractivity contribution is 9.10. The molecule has 0 N–H and O–H groups in total. The third-order valence-electron chi connectivity index (χ3n) is 4.79. The minimum Gasteiger partial charge on any atom is -0.497 e. The second-order valence-electron chi connectivity index (χ2n) is 6.42. The summed E-state index contributed by atoms with van der Waals surface area (Å²) in [6.07, 6.45) is 1.62. The summed E-state index contributed by atoms with van der Waals surface area (Å²) in [7, 11) is 3.59. The van der Waals surface area contributed by atoms with Gasteiger partial charge in [0.2, 0.25) is 0 Å². The van der Waals surface area contributed by atoms with Gasteiger partial charge in [0.05, 0.1) is 12.5 Å². The number of methoxy groups -OCH3 is 1. The molecule has 0 radical (unpaired) electrons. The summed E-state index contributed by atoms with van der Waals surface area (Å²) in [6.45, 7) is 4.81. The van der Waals surface area contributed by atoms with E-state index in [0.29, 0.717) is 0 Å². The maximum Gasteiger partial charge on any atom is 0.164 e. The van der Waals surface area contributed by atoms with Crippen molar-refractivity contribution in [1.29, 1.82) is 0 Å². The molecule has 26 heavy (non-hydrogen) atoms. The molecule has 7 nitrogen and oxygen atoms in total. The monoisotopic (exact) mass is 416 g/mol. The van der Waals surface area contributed by atoms with Crippen LogP contribution in [-0.4, -0.2) is 57.9 Å². The highest BCUT2D eigenvalue weighted by atomic mass is 79.9. The van der Waals surface area contributed by atoms with Gasteiger partial charge in [-0.25, -0.2) is 14.6 Å². The molecule has 1 aliphatic rings. The van der Waals surface area contributed by atoms with E-state index in [-0.39, 0.29) is 0 Å². The first kappa shape index (κ1) is 17.2. The molecule has 1 fully saturated rings. The Morgan fingerprint density at radius 3 is 2.50 bits per heavy atom. The number of hydrogen-bond donors (Lipinski definition) is 0. The van der Waals surface area contributed by atoms with Crippen LogP contribution in [0.3, 0.4) is 0 Å². The predicted molar refractivity (Wildman–Crippen MR) is 104 cm³/mol. The quantitative estimate of drug-likeness (QED) is 0.650. The fraction of sp³-hybridized carbons (Fsp3) is 0.389. The molecule has 1 saturated heterocycles. The van der Waals surface area contributed by atoms with E-state index >= 15 is 0 Å². The minimum absolute atomic E-state index is 0.797. The molecule has 0 aliphatic carbocycles. The first-order valence-electron chi connectivity index (χ1n) is 8.59. The zero-order valence-electron chi connectivity index (χ0n) is 14.9. The van der Waals surface area contributed by atoms with Gasteiger partial charge in [0.25, 0.3) is 0 Å².